The maximum atomic E-state index is 9.73. The Morgan fingerprint density at radius 2 is 2.21 bits per heavy atom. The summed E-state index contributed by atoms with van der Waals surface area (Å²) in [7, 11) is 0. The van der Waals surface area contributed by atoms with Gasteiger partial charge in [-0.25, -0.2) is 0 Å². The molecule has 3 aromatic rings. The van der Waals surface area contributed by atoms with Gasteiger partial charge in [0.15, 0.2) is 11.5 Å². The number of nitrogens with one attached hydrogen (secondary N) is 1. The Bertz CT molecular complexity index is 724. The molecule has 0 aliphatic heterocycles. The molecule has 0 unspecified atom stereocenters. The van der Waals surface area contributed by atoms with Crippen molar-refractivity contribution in [3.05, 3.63) is 36.2 Å². The van der Waals surface area contributed by atoms with E-state index in [1.165, 1.54) is 4.52 Å². The largest absolute Gasteiger partial charge is 0.508 e. The van der Waals surface area contributed by atoms with E-state index in [0.717, 1.165) is 0 Å². The second kappa shape index (κ2) is 4.41. The number of rotatable bonds is 3. The van der Waals surface area contributed by atoms with E-state index in [1.54, 1.807) is 30.6 Å². The number of hydrogen-bond donors (Lipinski definition) is 3. The standard InChI is InChI=1S/C11H11N7O/c12-8-1-2-9(19)7(3-8)4-14-10-5-13-6-11-15-16-17-18(10)11/h1-3,5-6,14,19H,4,12H2. The van der Waals surface area contributed by atoms with Crippen LogP contribution in [0.25, 0.3) is 5.65 Å². The molecule has 8 nitrogen and oxygen atoms in total. The minimum absolute atomic E-state index is 0.179. The van der Waals surface area contributed by atoms with Gasteiger partial charge in [0.2, 0.25) is 0 Å². The number of phenols is 1. The molecule has 0 saturated carbocycles. The van der Waals surface area contributed by atoms with Crippen molar-refractivity contribution in [2.75, 3.05) is 11.1 Å². The highest BCUT2D eigenvalue weighted by atomic mass is 16.3. The molecule has 3 rings (SSSR count). The van der Waals surface area contributed by atoms with Crippen LogP contribution in [0.4, 0.5) is 11.5 Å². The van der Waals surface area contributed by atoms with Gasteiger partial charge >= 0.3 is 0 Å². The van der Waals surface area contributed by atoms with E-state index in [-0.39, 0.29) is 5.75 Å². The molecule has 0 spiro atoms. The van der Waals surface area contributed by atoms with Crippen molar-refractivity contribution in [3.8, 4) is 5.75 Å². The molecule has 96 valence electrons. The quantitative estimate of drug-likeness (QED) is 0.460. The lowest BCUT2D eigenvalue weighted by molar-refractivity contribution is 0.469. The Balaban J connectivity index is 1.86. The Labute approximate surface area is 107 Å². The SMILES string of the molecule is Nc1ccc(O)c(CNc2cncc3nnnn23)c1. The fourth-order valence-electron chi connectivity index (χ4n) is 1.73. The van der Waals surface area contributed by atoms with Crippen LogP contribution in [0.1, 0.15) is 5.56 Å². The van der Waals surface area contributed by atoms with Crippen molar-refractivity contribution >= 4 is 17.2 Å². The number of aromatic nitrogens is 5. The molecular weight excluding hydrogens is 246 g/mol. The molecule has 0 aliphatic carbocycles. The zero-order valence-electron chi connectivity index (χ0n) is 9.85. The molecule has 0 radical (unpaired) electrons. The van der Waals surface area contributed by atoms with Crippen molar-refractivity contribution in [2.45, 2.75) is 6.54 Å². The van der Waals surface area contributed by atoms with Gasteiger partial charge in [0, 0.05) is 17.8 Å². The Kier molecular flexibility index (Phi) is 2.60. The van der Waals surface area contributed by atoms with Gasteiger partial charge in [-0.2, -0.15) is 4.52 Å². The number of aromatic hydroxyl groups is 1. The van der Waals surface area contributed by atoms with E-state index in [2.05, 4.69) is 25.8 Å². The molecule has 0 fully saturated rings. The van der Waals surface area contributed by atoms with Crippen LogP contribution in [0.15, 0.2) is 30.6 Å². The highest BCUT2D eigenvalue weighted by Crippen LogP contribution is 2.20. The van der Waals surface area contributed by atoms with Crippen LogP contribution in [-0.2, 0) is 6.54 Å². The van der Waals surface area contributed by atoms with E-state index in [1.807, 2.05) is 0 Å². The lowest BCUT2D eigenvalue weighted by Crippen LogP contribution is -2.06. The van der Waals surface area contributed by atoms with E-state index < -0.39 is 0 Å². The van der Waals surface area contributed by atoms with Crippen molar-refractivity contribution in [1.29, 1.82) is 0 Å². The smallest absolute Gasteiger partial charge is 0.199 e. The van der Waals surface area contributed by atoms with Crippen LogP contribution >= 0.6 is 0 Å². The van der Waals surface area contributed by atoms with Crippen LogP contribution in [0.2, 0.25) is 0 Å². The molecular formula is C11H11N7O. The Hall–Kier alpha value is -2.90. The first-order valence-corrected chi connectivity index (χ1v) is 5.57. The van der Waals surface area contributed by atoms with Crippen molar-refractivity contribution in [2.24, 2.45) is 0 Å². The van der Waals surface area contributed by atoms with E-state index in [0.29, 0.717) is 29.3 Å². The average Bonchev–Trinajstić information content (AvgIpc) is 2.88. The number of phenolic OH excluding ortho intramolecular Hbond substituents is 1. The van der Waals surface area contributed by atoms with E-state index in [4.69, 9.17) is 5.73 Å². The van der Waals surface area contributed by atoms with Gasteiger partial charge in [-0.1, -0.05) is 0 Å². The number of tetrazole rings is 1. The van der Waals surface area contributed by atoms with Gasteiger partial charge in [-0.3, -0.25) is 4.98 Å². The van der Waals surface area contributed by atoms with Gasteiger partial charge in [0.05, 0.1) is 12.4 Å². The summed E-state index contributed by atoms with van der Waals surface area (Å²) < 4.78 is 1.52. The summed E-state index contributed by atoms with van der Waals surface area (Å²) in [5.41, 5.74) is 7.50. The second-order valence-corrected chi connectivity index (χ2v) is 3.98. The lowest BCUT2D eigenvalue weighted by atomic mass is 10.2. The Morgan fingerprint density at radius 3 is 3.11 bits per heavy atom. The molecule has 0 aliphatic rings. The summed E-state index contributed by atoms with van der Waals surface area (Å²) in [5.74, 6) is 0.808. The number of nitrogen functional groups attached to an aromatic ring is 1. The number of fused-ring (bicyclic) bond motifs is 1. The van der Waals surface area contributed by atoms with E-state index in [9.17, 15) is 5.11 Å². The first-order chi connectivity index (χ1) is 9.24. The fourth-order valence-corrected chi connectivity index (χ4v) is 1.73. The summed E-state index contributed by atoms with van der Waals surface area (Å²) in [6.07, 6.45) is 3.16. The van der Waals surface area contributed by atoms with Crippen LogP contribution in [0.5, 0.6) is 5.75 Å². The van der Waals surface area contributed by atoms with Gasteiger partial charge in [0.1, 0.15) is 5.75 Å². The highest BCUT2D eigenvalue weighted by molar-refractivity contribution is 5.49. The zero-order chi connectivity index (χ0) is 13.2. The minimum atomic E-state index is 0.179. The van der Waals surface area contributed by atoms with Crippen LogP contribution in [0.3, 0.4) is 0 Å². The first kappa shape index (κ1) is 11.2. The molecule has 2 heterocycles. The zero-order valence-corrected chi connectivity index (χ0v) is 9.85. The van der Waals surface area contributed by atoms with Crippen LogP contribution in [0, 0.1) is 0 Å². The number of benzene rings is 1. The normalized spacial score (nSPS) is 10.7. The summed E-state index contributed by atoms with van der Waals surface area (Å²) in [5, 5.41) is 24.0. The average molecular weight is 257 g/mol. The number of hydrogen-bond acceptors (Lipinski definition) is 7. The molecule has 0 atom stereocenters. The summed E-state index contributed by atoms with van der Waals surface area (Å²) >= 11 is 0. The third-order valence-corrected chi connectivity index (χ3v) is 2.67. The lowest BCUT2D eigenvalue weighted by Gasteiger charge is -2.09. The summed E-state index contributed by atoms with van der Waals surface area (Å²) in [6, 6.07) is 4.90. The predicted octanol–water partition coefficient (Wildman–Crippen LogP) is 0.419. The topological polar surface area (TPSA) is 114 Å². The van der Waals surface area contributed by atoms with Crippen molar-refractivity contribution < 1.29 is 5.11 Å². The highest BCUT2D eigenvalue weighted by Gasteiger charge is 2.06. The molecule has 0 amide bonds. The van der Waals surface area contributed by atoms with Crippen molar-refractivity contribution in [1.82, 2.24) is 25.0 Å². The summed E-state index contributed by atoms with van der Waals surface area (Å²) in [6.45, 7) is 0.386. The van der Waals surface area contributed by atoms with Gasteiger partial charge in [-0.05, 0) is 28.6 Å². The molecule has 8 heteroatoms. The van der Waals surface area contributed by atoms with Crippen molar-refractivity contribution in [3.63, 3.8) is 0 Å². The van der Waals surface area contributed by atoms with Gasteiger partial charge in [-0.15, -0.1) is 5.10 Å². The maximum Gasteiger partial charge on any atom is 0.199 e. The monoisotopic (exact) mass is 257 g/mol. The third kappa shape index (κ3) is 2.10. The van der Waals surface area contributed by atoms with E-state index >= 15 is 0 Å². The first-order valence-electron chi connectivity index (χ1n) is 5.57. The molecule has 1 aromatic carbocycles. The maximum absolute atomic E-state index is 9.73. The third-order valence-electron chi connectivity index (χ3n) is 2.67. The van der Waals surface area contributed by atoms with Crippen LogP contribution in [-0.4, -0.2) is 30.1 Å². The molecule has 19 heavy (non-hydrogen) atoms. The predicted molar refractivity (Wildman–Crippen MR) is 68.4 cm³/mol. The van der Waals surface area contributed by atoms with Crippen LogP contribution < -0.4 is 11.1 Å². The Morgan fingerprint density at radius 1 is 1.32 bits per heavy atom. The fraction of sp³-hybridized carbons (Fsp3) is 0.0909. The molecule has 4 N–H and O–H groups in total. The number of anilines is 2. The summed E-state index contributed by atoms with van der Waals surface area (Å²) in [4.78, 5) is 4.02. The van der Waals surface area contributed by atoms with Gasteiger partial charge < -0.3 is 16.2 Å². The number of nitrogens with two attached hydrogens (primary N) is 1. The van der Waals surface area contributed by atoms with Gasteiger partial charge in [0.25, 0.3) is 0 Å². The second-order valence-electron chi connectivity index (χ2n) is 3.98. The number of nitrogens with zero attached hydrogens (tertiary/aromatic N) is 5. The molecule has 0 saturated heterocycles. The minimum Gasteiger partial charge on any atom is -0.508 e. The molecule has 2 aromatic heterocycles. The molecule has 0 bridgehead atoms.